The zero-order chi connectivity index (χ0) is 22.5. The highest BCUT2D eigenvalue weighted by atomic mass is 32.2. The molecule has 1 N–H and O–H groups in total. The molecule has 0 atom stereocenters. The van der Waals surface area contributed by atoms with E-state index in [1.165, 1.54) is 0 Å². The van der Waals surface area contributed by atoms with Gasteiger partial charge < -0.3 is 0 Å². The van der Waals surface area contributed by atoms with Gasteiger partial charge in [-0.3, -0.25) is 4.72 Å². The molecule has 0 fully saturated rings. The second-order valence-corrected chi connectivity index (χ2v) is 12.0. The summed E-state index contributed by atoms with van der Waals surface area (Å²) in [6.45, 7) is 3.39. The fraction of sp³-hybridized carbons (Fsp3) is 0.250. The second kappa shape index (κ2) is 9.66. The average molecular weight is 458 g/mol. The van der Waals surface area contributed by atoms with Gasteiger partial charge in [-0.05, 0) is 67.6 Å². The Morgan fingerprint density at radius 2 is 1.16 bits per heavy atom. The first-order valence-corrected chi connectivity index (χ1v) is 13.3. The lowest BCUT2D eigenvalue weighted by Crippen LogP contribution is -2.15. The number of rotatable bonds is 9. The van der Waals surface area contributed by atoms with Crippen molar-refractivity contribution in [2.45, 2.75) is 42.6 Å². The minimum absolute atomic E-state index is 0.0608. The van der Waals surface area contributed by atoms with Crippen LogP contribution in [0.3, 0.4) is 0 Å². The summed E-state index contributed by atoms with van der Waals surface area (Å²) in [5, 5.41) is -0.382. The molecular weight excluding hydrogens is 430 g/mol. The van der Waals surface area contributed by atoms with Crippen LogP contribution < -0.4 is 4.72 Å². The van der Waals surface area contributed by atoms with Crippen LogP contribution in [0.2, 0.25) is 0 Å². The summed E-state index contributed by atoms with van der Waals surface area (Å²) in [6, 6.07) is 23.3. The van der Waals surface area contributed by atoms with Gasteiger partial charge in [-0.15, -0.1) is 0 Å². The third-order valence-electron chi connectivity index (χ3n) is 5.07. The van der Waals surface area contributed by atoms with Crippen LogP contribution in [0.5, 0.6) is 0 Å². The second-order valence-electron chi connectivity index (χ2n) is 7.79. The molecule has 0 aliphatic rings. The van der Waals surface area contributed by atoms with E-state index < -0.39 is 19.9 Å². The van der Waals surface area contributed by atoms with Crippen molar-refractivity contribution in [2.75, 3.05) is 4.72 Å². The maximum Gasteiger partial charge on any atom is 0.261 e. The van der Waals surface area contributed by atoms with Crippen LogP contribution in [-0.2, 0) is 38.5 Å². The van der Waals surface area contributed by atoms with Gasteiger partial charge in [0.15, 0.2) is 9.84 Å². The van der Waals surface area contributed by atoms with E-state index >= 15 is 0 Å². The Labute approximate surface area is 185 Å². The summed E-state index contributed by atoms with van der Waals surface area (Å²) in [5.74, 6) is 0.0608. The molecule has 0 aliphatic carbocycles. The van der Waals surface area contributed by atoms with Crippen molar-refractivity contribution in [1.82, 2.24) is 0 Å². The van der Waals surface area contributed by atoms with E-state index in [9.17, 15) is 16.8 Å². The third kappa shape index (κ3) is 6.42. The number of aryl methyl sites for hydroxylation is 2. The fourth-order valence-corrected chi connectivity index (χ4v) is 5.11. The Morgan fingerprint density at radius 3 is 1.68 bits per heavy atom. The Bertz CT molecular complexity index is 1200. The highest BCUT2D eigenvalue weighted by Gasteiger charge is 2.16. The van der Waals surface area contributed by atoms with Gasteiger partial charge in [0.2, 0.25) is 0 Å². The number of sulfone groups is 1. The van der Waals surface area contributed by atoms with Crippen molar-refractivity contribution >= 4 is 25.5 Å². The van der Waals surface area contributed by atoms with Crippen molar-refractivity contribution in [2.24, 2.45) is 0 Å². The first-order valence-electron chi connectivity index (χ1n) is 10.1. The summed E-state index contributed by atoms with van der Waals surface area (Å²) >= 11 is 0. The van der Waals surface area contributed by atoms with Gasteiger partial charge in [-0.25, -0.2) is 16.8 Å². The number of anilines is 1. The van der Waals surface area contributed by atoms with Crippen LogP contribution in [0.1, 0.15) is 30.5 Å². The van der Waals surface area contributed by atoms with E-state index in [4.69, 9.17) is 0 Å². The lowest BCUT2D eigenvalue weighted by Gasteiger charge is -2.10. The van der Waals surface area contributed by atoms with Gasteiger partial charge in [0.25, 0.3) is 10.0 Å². The minimum atomic E-state index is -3.60. The van der Waals surface area contributed by atoms with Crippen molar-refractivity contribution in [1.29, 1.82) is 0 Å². The smallest absolute Gasteiger partial charge is 0.261 e. The van der Waals surface area contributed by atoms with Gasteiger partial charge >= 0.3 is 0 Å². The number of sulfonamides is 1. The van der Waals surface area contributed by atoms with Crippen LogP contribution in [-0.4, -0.2) is 22.1 Å². The molecule has 7 heteroatoms. The van der Waals surface area contributed by atoms with Gasteiger partial charge in [-0.1, -0.05) is 54.6 Å². The molecule has 31 heavy (non-hydrogen) atoms. The predicted molar refractivity (Wildman–Crippen MR) is 125 cm³/mol. The monoisotopic (exact) mass is 457 g/mol. The topological polar surface area (TPSA) is 80.3 Å². The van der Waals surface area contributed by atoms with Crippen LogP contribution in [0.15, 0.2) is 83.8 Å². The number of hydrogen-bond donors (Lipinski definition) is 1. The van der Waals surface area contributed by atoms with Crippen molar-refractivity contribution < 1.29 is 16.8 Å². The molecule has 0 spiro atoms. The molecule has 0 unspecified atom stereocenters. The molecule has 0 heterocycles. The third-order valence-corrected chi connectivity index (χ3v) is 8.64. The lowest BCUT2D eigenvalue weighted by atomic mass is 10.0. The van der Waals surface area contributed by atoms with Gasteiger partial charge in [-0.2, -0.15) is 0 Å². The highest BCUT2D eigenvalue weighted by molar-refractivity contribution is 7.92. The summed E-state index contributed by atoms with van der Waals surface area (Å²) in [4.78, 5) is 0.226. The van der Waals surface area contributed by atoms with E-state index in [1.54, 1.807) is 56.3 Å². The molecule has 0 aliphatic heterocycles. The quantitative estimate of drug-likeness (QED) is 0.509. The van der Waals surface area contributed by atoms with Crippen molar-refractivity contribution in [3.8, 4) is 0 Å². The van der Waals surface area contributed by atoms with E-state index in [0.29, 0.717) is 5.69 Å². The molecule has 3 rings (SSSR count). The molecule has 3 aromatic carbocycles. The Balaban J connectivity index is 1.57. The molecule has 0 saturated carbocycles. The van der Waals surface area contributed by atoms with Gasteiger partial charge in [0, 0.05) is 5.69 Å². The maximum absolute atomic E-state index is 12.4. The van der Waals surface area contributed by atoms with Crippen molar-refractivity contribution in [3.05, 3.63) is 95.6 Å². The zero-order valence-corrected chi connectivity index (χ0v) is 19.3. The Hall–Kier alpha value is -2.64. The van der Waals surface area contributed by atoms with Crippen LogP contribution in [0.4, 0.5) is 5.69 Å². The Morgan fingerprint density at radius 1 is 0.677 bits per heavy atom. The minimum Gasteiger partial charge on any atom is -0.280 e. The van der Waals surface area contributed by atoms with E-state index in [2.05, 4.69) is 4.72 Å². The first kappa shape index (κ1) is 23.0. The van der Waals surface area contributed by atoms with E-state index in [0.717, 1.165) is 29.5 Å². The molecule has 0 radical (unpaired) electrons. The highest BCUT2D eigenvalue weighted by Crippen LogP contribution is 2.18. The largest absolute Gasteiger partial charge is 0.280 e. The lowest BCUT2D eigenvalue weighted by molar-refractivity contribution is 0.586. The number of nitrogens with one attached hydrogen (secondary N) is 1. The average Bonchev–Trinajstić information content (AvgIpc) is 2.74. The molecule has 0 aromatic heterocycles. The fourth-order valence-electron chi connectivity index (χ4n) is 3.04. The van der Waals surface area contributed by atoms with Gasteiger partial charge in [0.05, 0.1) is 15.9 Å². The normalized spacial score (nSPS) is 12.1. The van der Waals surface area contributed by atoms with E-state index in [1.807, 2.05) is 36.4 Å². The van der Waals surface area contributed by atoms with E-state index in [-0.39, 0.29) is 15.9 Å². The number of benzene rings is 3. The number of hydrogen-bond acceptors (Lipinski definition) is 4. The summed E-state index contributed by atoms with van der Waals surface area (Å²) in [6.07, 6.45) is 1.61. The van der Waals surface area contributed by atoms with Crippen LogP contribution in [0, 0.1) is 0 Å². The molecule has 5 nitrogen and oxygen atoms in total. The first-order chi connectivity index (χ1) is 14.7. The molecule has 0 amide bonds. The van der Waals surface area contributed by atoms with Crippen molar-refractivity contribution in [3.63, 3.8) is 0 Å². The van der Waals surface area contributed by atoms with Crippen LogP contribution in [0.25, 0.3) is 0 Å². The molecule has 3 aromatic rings. The summed E-state index contributed by atoms with van der Waals surface area (Å²) in [7, 11) is -6.70. The summed E-state index contributed by atoms with van der Waals surface area (Å²) < 4.78 is 51.5. The van der Waals surface area contributed by atoms with Gasteiger partial charge in [0.1, 0.15) is 0 Å². The predicted octanol–water partition coefficient (Wildman–Crippen LogP) is 4.60. The SMILES string of the molecule is CC(C)S(=O)(=O)Cc1ccc(CCc2ccc(NS(=O)(=O)c3ccccc3)cc2)cc1. The molecular formula is C24H27NO4S2. The zero-order valence-electron chi connectivity index (χ0n) is 17.7. The van der Waals surface area contributed by atoms with Crippen LogP contribution >= 0.6 is 0 Å². The summed E-state index contributed by atoms with van der Waals surface area (Å²) in [5.41, 5.74) is 3.53. The maximum atomic E-state index is 12.4. The standard InChI is InChI=1S/C24H27NO4S2/c1-19(2)30(26,27)18-22-12-10-20(11-13-22)8-9-21-14-16-23(17-15-21)25-31(28,29)24-6-4-3-5-7-24/h3-7,10-17,19,25H,8-9,18H2,1-2H3. The molecule has 164 valence electrons. The molecule has 0 saturated heterocycles. The molecule has 0 bridgehead atoms. The Kier molecular flexibility index (Phi) is 7.18.